The molecular weight excluding hydrogens is 476 g/mol. The maximum atomic E-state index is 13.3. The Morgan fingerprint density at radius 1 is 0.778 bits per heavy atom. The number of phenolic OH excluding ortho intramolecular Hbond substituents is 1. The number of hydrogen-bond donors (Lipinski definition) is 1. The maximum Gasteiger partial charge on any atom is 0.255 e. The second-order valence-electron chi connectivity index (χ2n) is 9.00. The molecular formula is C28H30N2O5S. The Hall–Kier alpha value is -3.49. The third kappa shape index (κ3) is 6.59. The second-order valence-corrected chi connectivity index (χ2v) is 11.1. The summed E-state index contributed by atoms with van der Waals surface area (Å²) in [5.74, 6) is -0.779. The molecule has 1 amide bonds. The van der Waals surface area contributed by atoms with Crippen LogP contribution in [0.1, 0.15) is 27.9 Å². The highest BCUT2D eigenvalue weighted by molar-refractivity contribution is 7.91. The number of carbonyl (C=O) groups excluding carboxylic acids is 2. The third-order valence-corrected chi connectivity index (χ3v) is 8.12. The lowest BCUT2D eigenvalue weighted by molar-refractivity contribution is -0.118. The molecule has 1 N–H and O–H groups in total. The van der Waals surface area contributed by atoms with Gasteiger partial charge >= 0.3 is 0 Å². The molecule has 1 fully saturated rings. The molecule has 4 rings (SSSR count). The van der Waals surface area contributed by atoms with Crippen LogP contribution in [0.5, 0.6) is 5.75 Å². The van der Waals surface area contributed by atoms with E-state index in [2.05, 4.69) is 17.0 Å². The molecule has 1 aliphatic heterocycles. The SMILES string of the molecule is O=C(CCS(=O)(=O)c1ccccc1C(=O)N1CCN(Cc2ccccc2)CC1)Cc1ccc(O)cc1. The number of nitrogens with zero attached hydrogens (tertiary/aromatic N) is 2. The van der Waals surface area contributed by atoms with E-state index >= 15 is 0 Å². The van der Waals surface area contributed by atoms with Gasteiger partial charge in [-0.3, -0.25) is 14.5 Å². The quantitative estimate of drug-likeness (QED) is 0.478. The molecule has 8 heteroatoms. The number of ketones is 1. The normalized spacial score (nSPS) is 14.5. The van der Waals surface area contributed by atoms with Gasteiger partial charge in [0.15, 0.2) is 9.84 Å². The summed E-state index contributed by atoms with van der Waals surface area (Å²) in [6.45, 7) is 3.27. The number of hydrogen-bond acceptors (Lipinski definition) is 6. The minimum atomic E-state index is -3.84. The van der Waals surface area contributed by atoms with Gasteiger partial charge in [-0.05, 0) is 35.4 Å². The maximum absolute atomic E-state index is 13.3. The van der Waals surface area contributed by atoms with Gasteiger partial charge in [-0.2, -0.15) is 0 Å². The van der Waals surface area contributed by atoms with E-state index in [9.17, 15) is 23.1 Å². The lowest BCUT2D eigenvalue weighted by Crippen LogP contribution is -2.48. The van der Waals surface area contributed by atoms with Crippen molar-refractivity contribution in [2.75, 3.05) is 31.9 Å². The van der Waals surface area contributed by atoms with Gasteiger partial charge in [-0.1, -0.05) is 54.6 Å². The van der Waals surface area contributed by atoms with Gasteiger partial charge in [0, 0.05) is 45.6 Å². The smallest absolute Gasteiger partial charge is 0.255 e. The molecule has 3 aromatic rings. The number of Topliss-reactive ketones (excluding diaryl/α,β-unsaturated/α-hetero) is 1. The monoisotopic (exact) mass is 506 g/mol. The number of rotatable bonds is 9. The highest BCUT2D eigenvalue weighted by Gasteiger charge is 2.28. The van der Waals surface area contributed by atoms with Gasteiger partial charge in [0.05, 0.1) is 16.2 Å². The Balaban J connectivity index is 1.37. The number of aromatic hydroxyl groups is 1. The summed E-state index contributed by atoms with van der Waals surface area (Å²) in [6.07, 6.45) is -0.0620. The average Bonchev–Trinajstić information content (AvgIpc) is 2.89. The summed E-state index contributed by atoms with van der Waals surface area (Å²) in [5.41, 5.74) is 2.07. The molecule has 0 aromatic heterocycles. The standard InChI is InChI=1S/C28H30N2O5S/c31-24-12-10-22(11-13-24)20-25(32)14-19-36(34,35)27-9-5-4-8-26(27)28(33)30-17-15-29(16-18-30)21-23-6-2-1-3-7-23/h1-13,31H,14-21H2. The van der Waals surface area contributed by atoms with Crippen molar-refractivity contribution in [1.82, 2.24) is 9.80 Å². The molecule has 1 heterocycles. The van der Waals surface area contributed by atoms with Gasteiger partial charge in [-0.25, -0.2) is 8.42 Å². The Bertz CT molecular complexity index is 1300. The Labute approximate surface area is 211 Å². The second kappa shape index (κ2) is 11.5. The molecule has 0 aliphatic carbocycles. The number of benzene rings is 3. The molecule has 0 atom stereocenters. The summed E-state index contributed by atoms with van der Waals surface area (Å²) in [6, 6.07) is 22.6. The molecule has 188 valence electrons. The zero-order valence-corrected chi connectivity index (χ0v) is 20.9. The summed E-state index contributed by atoms with van der Waals surface area (Å²) < 4.78 is 26.3. The Kier molecular flexibility index (Phi) is 8.18. The van der Waals surface area contributed by atoms with Crippen molar-refractivity contribution < 1.29 is 23.1 Å². The Morgan fingerprint density at radius 2 is 1.42 bits per heavy atom. The topological polar surface area (TPSA) is 95.0 Å². The van der Waals surface area contributed by atoms with Crippen LogP contribution in [0.25, 0.3) is 0 Å². The van der Waals surface area contributed by atoms with Crippen LogP contribution in [0.2, 0.25) is 0 Å². The summed E-state index contributed by atoms with van der Waals surface area (Å²) in [7, 11) is -3.84. The van der Waals surface area contributed by atoms with Crippen molar-refractivity contribution in [1.29, 1.82) is 0 Å². The molecule has 7 nitrogen and oxygen atoms in total. The van der Waals surface area contributed by atoms with Crippen molar-refractivity contribution in [3.8, 4) is 5.75 Å². The van der Waals surface area contributed by atoms with E-state index in [1.165, 1.54) is 23.8 Å². The molecule has 0 bridgehead atoms. The summed E-state index contributed by atoms with van der Waals surface area (Å²) in [5, 5.41) is 9.37. The van der Waals surface area contributed by atoms with E-state index in [4.69, 9.17) is 0 Å². The van der Waals surface area contributed by atoms with Gasteiger partial charge in [0.2, 0.25) is 0 Å². The zero-order chi connectivity index (χ0) is 25.5. The minimum Gasteiger partial charge on any atom is -0.508 e. The van der Waals surface area contributed by atoms with E-state index in [1.54, 1.807) is 35.2 Å². The fraction of sp³-hybridized carbons (Fsp3) is 0.286. The fourth-order valence-corrected chi connectivity index (χ4v) is 5.82. The number of amides is 1. The van der Waals surface area contributed by atoms with Crippen LogP contribution >= 0.6 is 0 Å². The van der Waals surface area contributed by atoms with E-state index in [1.807, 2.05) is 18.2 Å². The van der Waals surface area contributed by atoms with Gasteiger partial charge < -0.3 is 10.0 Å². The first kappa shape index (κ1) is 25.6. The van der Waals surface area contributed by atoms with Gasteiger partial charge in [0.1, 0.15) is 11.5 Å². The van der Waals surface area contributed by atoms with E-state index < -0.39 is 9.84 Å². The number of sulfone groups is 1. The lowest BCUT2D eigenvalue weighted by Gasteiger charge is -2.35. The van der Waals surface area contributed by atoms with Crippen LogP contribution in [0.15, 0.2) is 83.8 Å². The van der Waals surface area contributed by atoms with Crippen LogP contribution < -0.4 is 0 Å². The largest absolute Gasteiger partial charge is 0.508 e. The Morgan fingerprint density at radius 3 is 2.11 bits per heavy atom. The fourth-order valence-electron chi connectivity index (χ4n) is 4.32. The zero-order valence-electron chi connectivity index (χ0n) is 20.0. The third-order valence-electron chi connectivity index (χ3n) is 6.35. The highest BCUT2D eigenvalue weighted by atomic mass is 32.2. The molecule has 1 saturated heterocycles. The molecule has 1 aliphatic rings. The molecule has 3 aromatic carbocycles. The molecule has 0 saturated carbocycles. The van der Waals surface area contributed by atoms with Crippen molar-refractivity contribution in [2.45, 2.75) is 24.3 Å². The van der Waals surface area contributed by atoms with E-state index in [0.29, 0.717) is 31.7 Å². The number of piperazine rings is 1. The van der Waals surface area contributed by atoms with E-state index in [-0.39, 0.29) is 46.5 Å². The van der Waals surface area contributed by atoms with E-state index in [0.717, 1.165) is 6.54 Å². The van der Waals surface area contributed by atoms with Crippen LogP contribution in [0.3, 0.4) is 0 Å². The molecule has 36 heavy (non-hydrogen) atoms. The van der Waals surface area contributed by atoms with Crippen LogP contribution in [0, 0.1) is 0 Å². The van der Waals surface area contributed by atoms with Crippen LogP contribution in [0.4, 0.5) is 0 Å². The molecule has 0 unspecified atom stereocenters. The highest BCUT2D eigenvalue weighted by Crippen LogP contribution is 2.21. The summed E-state index contributed by atoms with van der Waals surface area (Å²) >= 11 is 0. The van der Waals surface area contributed by atoms with Crippen molar-refractivity contribution >= 4 is 21.5 Å². The predicted octanol–water partition coefficient (Wildman–Crippen LogP) is 3.33. The van der Waals surface area contributed by atoms with Gasteiger partial charge in [0.25, 0.3) is 5.91 Å². The molecule has 0 spiro atoms. The first-order chi connectivity index (χ1) is 17.3. The number of carbonyl (C=O) groups is 2. The van der Waals surface area contributed by atoms with Crippen molar-refractivity contribution in [3.05, 3.63) is 95.6 Å². The minimum absolute atomic E-state index is 0.0286. The van der Waals surface area contributed by atoms with Gasteiger partial charge in [-0.15, -0.1) is 0 Å². The van der Waals surface area contributed by atoms with Crippen LogP contribution in [-0.4, -0.2) is 66.9 Å². The van der Waals surface area contributed by atoms with Crippen molar-refractivity contribution in [3.63, 3.8) is 0 Å². The van der Waals surface area contributed by atoms with Crippen LogP contribution in [-0.2, 0) is 27.6 Å². The average molecular weight is 507 g/mol. The predicted molar refractivity (Wildman–Crippen MR) is 138 cm³/mol. The first-order valence-electron chi connectivity index (χ1n) is 12.0. The molecule has 0 radical (unpaired) electrons. The lowest BCUT2D eigenvalue weighted by atomic mass is 10.1. The van der Waals surface area contributed by atoms with Crippen molar-refractivity contribution in [2.24, 2.45) is 0 Å². The number of phenols is 1. The first-order valence-corrected chi connectivity index (χ1v) is 13.6. The summed E-state index contributed by atoms with van der Waals surface area (Å²) in [4.78, 5) is 29.6.